The van der Waals surface area contributed by atoms with Crippen LogP contribution < -0.4 is 15.2 Å². The van der Waals surface area contributed by atoms with E-state index >= 15 is 0 Å². The molecule has 1 aliphatic rings. The number of pyridine rings is 1. The van der Waals surface area contributed by atoms with Gasteiger partial charge in [0.2, 0.25) is 0 Å². The summed E-state index contributed by atoms with van der Waals surface area (Å²) in [6.45, 7) is -0.445. The zero-order valence-corrected chi connectivity index (χ0v) is 19.2. The van der Waals surface area contributed by atoms with Crippen LogP contribution in [0.1, 0.15) is 48.9 Å². The van der Waals surface area contributed by atoms with Crippen LogP contribution in [0, 0.1) is 5.92 Å². The van der Waals surface area contributed by atoms with Gasteiger partial charge in [-0.05, 0) is 42.0 Å². The molecule has 0 spiro atoms. The third kappa shape index (κ3) is 6.62. The van der Waals surface area contributed by atoms with E-state index in [1.54, 1.807) is 18.2 Å². The van der Waals surface area contributed by atoms with Gasteiger partial charge >= 0.3 is 0 Å². The van der Waals surface area contributed by atoms with Crippen LogP contribution in [0.4, 0.5) is 5.82 Å². The molecule has 174 valence electrons. The summed E-state index contributed by atoms with van der Waals surface area (Å²) in [4.78, 5) is 19.7. The second kappa shape index (κ2) is 10.4. The first-order valence-electron chi connectivity index (χ1n) is 11.1. The summed E-state index contributed by atoms with van der Waals surface area (Å²) in [5.41, 5.74) is 9.72. The van der Waals surface area contributed by atoms with Gasteiger partial charge in [-0.15, -0.1) is 0 Å². The van der Waals surface area contributed by atoms with Crippen LogP contribution >= 0.6 is 7.82 Å². The highest BCUT2D eigenvalue weighted by atomic mass is 31.2. The molecule has 2 aromatic heterocycles. The molecule has 1 unspecified atom stereocenters. The number of hydrogen-bond acceptors (Lipinski definition) is 6. The molecule has 4 rings (SSSR count). The lowest BCUT2D eigenvalue weighted by Gasteiger charge is -2.17. The van der Waals surface area contributed by atoms with Crippen LogP contribution in [0.15, 0.2) is 59.3 Å². The average Bonchev–Trinajstić information content (AvgIpc) is 3.26. The van der Waals surface area contributed by atoms with E-state index in [1.165, 1.54) is 48.4 Å². The molecule has 9 heteroatoms. The van der Waals surface area contributed by atoms with Crippen molar-refractivity contribution in [3.05, 3.63) is 71.6 Å². The minimum atomic E-state index is -4.86. The van der Waals surface area contributed by atoms with Crippen LogP contribution in [-0.2, 0) is 22.2 Å². The number of hydrogen-bond donors (Lipinski definition) is 2. The molecule has 8 nitrogen and oxygen atoms in total. The lowest BCUT2D eigenvalue weighted by Crippen LogP contribution is -2.38. The number of nitrogen functional groups attached to an aromatic ring is 1. The molecule has 0 radical (unpaired) electrons. The highest BCUT2D eigenvalue weighted by molar-refractivity contribution is 7.44. The number of phosphoric acid groups is 1. The Morgan fingerprint density at radius 3 is 2.73 bits per heavy atom. The fourth-order valence-corrected chi connectivity index (χ4v) is 4.34. The lowest BCUT2D eigenvalue weighted by molar-refractivity contribution is -0.712. The van der Waals surface area contributed by atoms with Gasteiger partial charge in [-0.2, -0.15) is 0 Å². The fourth-order valence-electron chi connectivity index (χ4n) is 4.07. The molecular formula is C24H28N3O5P. The molecule has 1 atom stereocenters. The number of nitrogens with zero attached hydrogens (tertiary/aromatic N) is 2. The van der Waals surface area contributed by atoms with Crippen molar-refractivity contribution in [2.45, 2.75) is 45.3 Å². The molecule has 1 saturated carbocycles. The molecule has 3 N–H and O–H groups in total. The number of nitrogens with two attached hydrogens (primary N) is 1. The SMILES string of the molecule is Nc1c(-c2cc(Cc3ccc(/C=C/C4CCCCC4)cc3)no2)ccc[n+]1COP(=O)([O-])O. The smallest absolute Gasteiger partial charge is 0.285 e. The van der Waals surface area contributed by atoms with Gasteiger partial charge in [-0.25, -0.2) is 4.57 Å². The van der Waals surface area contributed by atoms with Crippen molar-refractivity contribution in [3.8, 4) is 11.3 Å². The number of anilines is 1. The average molecular weight is 469 g/mol. The molecule has 3 aromatic rings. The van der Waals surface area contributed by atoms with Gasteiger partial charge in [-0.3, -0.25) is 14.8 Å². The van der Waals surface area contributed by atoms with Crippen molar-refractivity contribution < 1.29 is 28.0 Å². The van der Waals surface area contributed by atoms with E-state index in [1.807, 2.05) is 0 Å². The molecule has 2 heterocycles. The van der Waals surface area contributed by atoms with Gasteiger partial charge in [0, 0.05) is 12.5 Å². The largest absolute Gasteiger partial charge is 0.756 e. The number of benzene rings is 1. The number of phosphoric ester groups is 1. The Kier molecular flexibility index (Phi) is 7.40. The minimum absolute atomic E-state index is 0.225. The van der Waals surface area contributed by atoms with E-state index in [0.717, 1.165) is 11.3 Å². The third-order valence-electron chi connectivity index (χ3n) is 5.87. The quantitative estimate of drug-likeness (QED) is 0.379. The molecule has 0 saturated heterocycles. The maximum Gasteiger partial charge on any atom is 0.285 e. The standard InChI is InChI=1S/C24H28N3O5P/c25-24-22(7-4-14-27(24)17-31-33(28,29)30)23-16-21(26-32-23)15-20-12-10-19(11-13-20)9-8-18-5-2-1-3-6-18/h4,7-14,16,18,25H,1-3,5-6,15,17H2,(H2,28,29,30)/b9-8+. The van der Waals surface area contributed by atoms with E-state index < -0.39 is 14.6 Å². The summed E-state index contributed by atoms with van der Waals surface area (Å²) >= 11 is 0. The summed E-state index contributed by atoms with van der Waals surface area (Å²) in [5, 5.41) is 4.14. The van der Waals surface area contributed by atoms with Crippen molar-refractivity contribution in [3.63, 3.8) is 0 Å². The van der Waals surface area contributed by atoms with Crippen LogP contribution in [0.25, 0.3) is 17.4 Å². The summed E-state index contributed by atoms with van der Waals surface area (Å²) < 4.78 is 22.1. The van der Waals surface area contributed by atoms with Gasteiger partial charge in [0.05, 0.1) is 11.9 Å². The molecule has 1 fully saturated rings. The Balaban J connectivity index is 1.41. The van der Waals surface area contributed by atoms with Crippen LogP contribution in [0.3, 0.4) is 0 Å². The van der Waals surface area contributed by atoms with E-state index in [0.29, 0.717) is 23.7 Å². The predicted molar refractivity (Wildman–Crippen MR) is 122 cm³/mol. The monoisotopic (exact) mass is 469 g/mol. The molecule has 1 aromatic carbocycles. The molecular weight excluding hydrogens is 441 g/mol. The fraction of sp³-hybridized carbons (Fsp3) is 0.333. The summed E-state index contributed by atoms with van der Waals surface area (Å²) in [7, 11) is -4.86. The minimum Gasteiger partial charge on any atom is -0.756 e. The number of allylic oxidation sites excluding steroid dienone is 1. The van der Waals surface area contributed by atoms with Gasteiger partial charge in [-0.1, -0.05) is 60.8 Å². The second-order valence-electron chi connectivity index (χ2n) is 8.36. The Labute approximate surface area is 192 Å². The first kappa shape index (κ1) is 23.4. The van der Waals surface area contributed by atoms with Gasteiger partial charge in [0.1, 0.15) is 5.56 Å². The van der Waals surface area contributed by atoms with E-state index in [4.69, 9.17) is 15.2 Å². The van der Waals surface area contributed by atoms with Gasteiger partial charge in [0.25, 0.3) is 13.6 Å². The van der Waals surface area contributed by atoms with Gasteiger partial charge in [0.15, 0.2) is 12.5 Å². The highest BCUT2D eigenvalue weighted by Gasteiger charge is 2.18. The van der Waals surface area contributed by atoms with Crippen molar-refractivity contribution in [1.29, 1.82) is 0 Å². The number of aromatic nitrogens is 2. The maximum atomic E-state index is 10.9. The Morgan fingerprint density at radius 2 is 2.00 bits per heavy atom. The molecule has 0 amide bonds. The van der Waals surface area contributed by atoms with Gasteiger partial charge < -0.3 is 14.3 Å². The molecule has 0 bridgehead atoms. The summed E-state index contributed by atoms with van der Waals surface area (Å²) in [6.07, 6.45) is 13.3. The van der Waals surface area contributed by atoms with Crippen molar-refractivity contribution in [2.24, 2.45) is 5.92 Å². The van der Waals surface area contributed by atoms with Crippen molar-refractivity contribution in [2.75, 3.05) is 5.73 Å². The Bertz CT molecular complexity index is 1150. The lowest BCUT2D eigenvalue weighted by atomic mass is 9.89. The molecule has 1 aliphatic carbocycles. The first-order chi connectivity index (χ1) is 15.9. The van der Waals surface area contributed by atoms with Crippen LogP contribution in [0.5, 0.6) is 0 Å². The predicted octanol–water partition coefficient (Wildman–Crippen LogP) is 3.83. The second-order valence-corrected chi connectivity index (χ2v) is 9.56. The molecule has 33 heavy (non-hydrogen) atoms. The summed E-state index contributed by atoms with van der Waals surface area (Å²) in [5.74, 6) is 1.39. The van der Waals surface area contributed by atoms with E-state index in [9.17, 15) is 9.46 Å². The normalized spacial score (nSPS) is 16.8. The van der Waals surface area contributed by atoms with Crippen molar-refractivity contribution in [1.82, 2.24) is 5.16 Å². The maximum absolute atomic E-state index is 10.9. The summed E-state index contributed by atoms with van der Waals surface area (Å²) in [6, 6.07) is 13.6. The van der Waals surface area contributed by atoms with Crippen LogP contribution in [-0.4, -0.2) is 10.1 Å². The van der Waals surface area contributed by atoms with Crippen LogP contribution in [0.2, 0.25) is 0 Å². The zero-order chi connectivity index (χ0) is 23.3. The topological polar surface area (TPSA) is 126 Å². The molecule has 0 aliphatic heterocycles. The Morgan fingerprint density at radius 1 is 1.24 bits per heavy atom. The van der Waals surface area contributed by atoms with E-state index in [-0.39, 0.29) is 5.82 Å². The highest BCUT2D eigenvalue weighted by Crippen LogP contribution is 2.31. The van der Waals surface area contributed by atoms with Crippen molar-refractivity contribution >= 4 is 19.7 Å². The third-order valence-corrected chi connectivity index (χ3v) is 6.32. The van der Waals surface area contributed by atoms with E-state index in [2.05, 4.69) is 46.1 Å². The zero-order valence-electron chi connectivity index (χ0n) is 18.3. The Hall–Kier alpha value is -2.77. The first-order valence-corrected chi connectivity index (χ1v) is 12.6. The number of rotatable bonds is 8.